The first-order chi connectivity index (χ1) is 8.74. The molecule has 0 amide bonds. The molecular weight excluding hydrogens is 280 g/mol. The summed E-state index contributed by atoms with van der Waals surface area (Å²) in [6.45, 7) is 17.8. The van der Waals surface area contributed by atoms with Crippen molar-refractivity contribution in [3.63, 3.8) is 0 Å². The van der Waals surface area contributed by atoms with Crippen LogP contribution in [0.4, 0.5) is 0 Å². The molecule has 0 unspecified atom stereocenters. The van der Waals surface area contributed by atoms with Gasteiger partial charge in [0.25, 0.3) is 0 Å². The molecule has 0 aromatic rings. The molecule has 0 aromatic heterocycles. The van der Waals surface area contributed by atoms with E-state index in [1.54, 1.807) is 0 Å². The first-order valence-electron chi connectivity index (χ1n) is 8.12. The summed E-state index contributed by atoms with van der Waals surface area (Å²) in [5.74, 6) is 0. The zero-order chi connectivity index (χ0) is 14.5. The van der Waals surface area contributed by atoms with Crippen molar-refractivity contribution >= 4 is 0 Å². The van der Waals surface area contributed by atoms with Gasteiger partial charge in [-0.2, -0.15) is 19.3 Å². The fourth-order valence-corrected chi connectivity index (χ4v) is 1.28. The summed E-state index contributed by atoms with van der Waals surface area (Å²) < 4.78 is 0. The molecule has 0 spiro atoms. The zero-order valence-corrected chi connectivity index (χ0v) is 16.2. The van der Waals surface area contributed by atoms with E-state index in [4.69, 9.17) is 0 Å². The third-order valence-electron chi connectivity index (χ3n) is 2.56. The molecule has 0 saturated carbocycles. The first kappa shape index (κ1) is 32.6. The van der Waals surface area contributed by atoms with Crippen LogP contribution in [-0.4, -0.2) is 5.48 Å². The maximum Gasteiger partial charge on any atom is 3.00 e. The van der Waals surface area contributed by atoms with E-state index in [1.165, 1.54) is 57.8 Å². The smallest absolute Gasteiger partial charge is 0.412 e. The Bertz CT molecular complexity index is 66.4. The van der Waals surface area contributed by atoms with Gasteiger partial charge < -0.3 is 26.2 Å². The molecule has 0 bridgehead atoms. The Kier molecular flexibility index (Phi) is 69.6. The van der Waals surface area contributed by atoms with E-state index in [9.17, 15) is 0 Å². The van der Waals surface area contributed by atoms with Gasteiger partial charge in [0.15, 0.2) is 0 Å². The van der Waals surface area contributed by atoms with Crippen molar-refractivity contribution in [2.45, 2.75) is 97.8 Å². The van der Waals surface area contributed by atoms with Crippen molar-refractivity contribution < 1.29 is 27.2 Å². The van der Waals surface area contributed by atoms with Crippen LogP contribution in [0.1, 0.15) is 97.8 Å². The average Bonchev–Trinajstić information content (AvgIpc) is 2.42. The van der Waals surface area contributed by atoms with Crippen molar-refractivity contribution in [3.8, 4) is 0 Å². The fraction of sp³-hybridized carbons (Fsp3) is 0.833. The number of unbranched alkanes of at least 4 members (excludes halogenated alkanes) is 9. The van der Waals surface area contributed by atoms with Gasteiger partial charge in [0.2, 0.25) is 0 Å². The first-order valence-corrected chi connectivity index (χ1v) is 8.12. The minimum Gasteiger partial charge on any atom is -0.412 e. The molecule has 0 aromatic carbocycles. The second-order valence-corrected chi connectivity index (χ2v) is 4.68. The third-order valence-corrected chi connectivity index (χ3v) is 2.56. The van der Waals surface area contributed by atoms with Crippen LogP contribution in [0.2, 0.25) is 0 Å². The number of hydrogen-bond donors (Lipinski definition) is 0. The molecule has 2 N–H and O–H groups in total. The second-order valence-electron chi connectivity index (χ2n) is 4.68. The molecular formula is C18H41OTi. The van der Waals surface area contributed by atoms with Crippen molar-refractivity contribution in [2.75, 3.05) is 0 Å². The maximum atomic E-state index is 3.72. The Morgan fingerprint density at radius 2 is 0.700 bits per heavy atom. The normalized spacial score (nSPS) is 8.10. The molecule has 2 heteroatoms. The van der Waals surface area contributed by atoms with Crippen LogP contribution in [-0.2, 0) is 21.7 Å². The fourth-order valence-electron chi connectivity index (χ4n) is 1.28. The van der Waals surface area contributed by atoms with Gasteiger partial charge >= 0.3 is 21.7 Å². The SMILES string of the molecule is O.[CH2-]CCCCC.[CH2-]CCCCC.[CH2-]CCCCC.[Ti+3]. The van der Waals surface area contributed by atoms with Gasteiger partial charge in [-0.15, -0.1) is 0 Å². The van der Waals surface area contributed by atoms with Gasteiger partial charge in [-0.05, 0) is 0 Å². The van der Waals surface area contributed by atoms with Crippen LogP contribution in [0.15, 0.2) is 0 Å². The largest absolute Gasteiger partial charge is 3.00 e. The summed E-state index contributed by atoms with van der Waals surface area (Å²) in [5.41, 5.74) is 0. The van der Waals surface area contributed by atoms with Gasteiger partial charge in [-0.3, -0.25) is 0 Å². The van der Waals surface area contributed by atoms with Gasteiger partial charge in [-0.1, -0.05) is 78.6 Å². The topological polar surface area (TPSA) is 31.5 Å². The van der Waals surface area contributed by atoms with Crippen LogP contribution < -0.4 is 0 Å². The van der Waals surface area contributed by atoms with E-state index in [0.717, 1.165) is 19.3 Å². The van der Waals surface area contributed by atoms with Gasteiger partial charge in [0, 0.05) is 0 Å². The Morgan fingerprint density at radius 1 is 0.500 bits per heavy atom. The molecule has 123 valence electrons. The van der Waals surface area contributed by atoms with E-state index in [1.807, 2.05) is 0 Å². The molecule has 0 fully saturated rings. The molecule has 20 heavy (non-hydrogen) atoms. The van der Waals surface area contributed by atoms with Gasteiger partial charge in [0.05, 0.1) is 0 Å². The molecule has 0 aliphatic heterocycles. The molecule has 0 atom stereocenters. The summed E-state index contributed by atoms with van der Waals surface area (Å²) >= 11 is 0. The van der Waals surface area contributed by atoms with E-state index in [0.29, 0.717) is 0 Å². The predicted octanol–water partition coefficient (Wildman–Crippen LogP) is 6.38. The molecule has 1 nitrogen and oxygen atoms in total. The van der Waals surface area contributed by atoms with Gasteiger partial charge in [0.1, 0.15) is 0 Å². The average molecular weight is 321 g/mol. The Hall–Kier alpha value is 0.674. The summed E-state index contributed by atoms with van der Waals surface area (Å²) in [5, 5.41) is 0. The van der Waals surface area contributed by atoms with Crippen molar-refractivity contribution in [1.29, 1.82) is 0 Å². The van der Waals surface area contributed by atoms with E-state index < -0.39 is 0 Å². The van der Waals surface area contributed by atoms with Crippen LogP contribution in [0.25, 0.3) is 0 Å². The third kappa shape index (κ3) is 62.3. The molecule has 0 aliphatic carbocycles. The Morgan fingerprint density at radius 3 is 0.750 bits per heavy atom. The molecule has 0 saturated heterocycles. The van der Waals surface area contributed by atoms with Crippen LogP contribution in [0.5, 0.6) is 0 Å². The predicted molar refractivity (Wildman–Crippen MR) is 92.1 cm³/mol. The standard InChI is InChI=1S/3C6H13.H2O.Ti/c3*1-3-5-6-4-2;;/h3*1,3-6H2,2H3;1H2;/q3*-1;;+3. The monoisotopic (exact) mass is 321 g/mol. The van der Waals surface area contributed by atoms with Crippen LogP contribution in [0.3, 0.4) is 0 Å². The second kappa shape index (κ2) is 42.7. The summed E-state index contributed by atoms with van der Waals surface area (Å²) in [7, 11) is 0. The number of hydrogen-bond acceptors (Lipinski definition) is 0. The molecule has 0 heterocycles. The van der Waals surface area contributed by atoms with E-state index >= 15 is 0 Å². The van der Waals surface area contributed by atoms with Crippen LogP contribution >= 0.6 is 0 Å². The zero-order valence-electron chi connectivity index (χ0n) is 14.6. The number of rotatable bonds is 9. The van der Waals surface area contributed by atoms with Crippen molar-refractivity contribution in [1.82, 2.24) is 0 Å². The van der Waals surface area contributed by atoms with Crippen molar-refractivity contribution in [3.05, 3.63) is 20.8 Å². The van der Waals surface area contributed by atoms with Crippen molar-refractivity contribution in [2.24, 2.45) is 0 Å². The quantitative estimate of drug-likeness (QED) is 0.268. The summed E-state index contributed by atoms with van der Waals surface area (Å²) in [6, 6.07) is 0. The Labute approximate surface area is 145 Å². The maximum absolute atomic E-state index is 3.72. The summed E-state index contributed by atoms with van der Waals surface area (Å²) in [6.07, 6.45) is 15.2. The Balaban J connectivity index is -0.0000000536. The van der Waals surface area contributed by atoms with Gasteiger partial charge in [-0.25, -0.2) is 0 Å². The minimum atomic E-state index is 0. The summed E-state index contributed by atoms with van der Waals surface area (Å²) in [4.78, 5) is 0. The minimum absolute atomic E-state index is 0. The molecule has 1 radical (unpaired) electrons. The molecule has 0 aliphatic rings. The molecule has 0 rings (SSSR count). The van der Waals surface area contributed by atoms with Crippen LogP contribution in [0, 0.1) is 20.8 Å². The van der Waals surface area contributed by atoms with E-state index in [-0.39, 0.29) is 27.2 Å². The van der Waals surface area contributed by atoms with E-state index in [2.05, 4.69) is 41.5 Å².